The summed E-state index contributed by atoms with van der Waals surface area (Å²) in [7, 11) is 1.48. The van der Waals surface area contributed by atoms with Crippen molar-refractivity contribution in [1.29, 1.82) is 0 Å². The normalized spacial score (nSPS) is 9.94. The van der Waals surface area contributed by atoms with Crippen molar-refractivity contribution in [2.45, 2.75) is 19.8 Å². The number of hydrogen-bond donors (Lipinski definition) is 1. The summed E-state index contributed by atoms with van der Waals surface area (Å²) in [4.78, 5) is 19.0. The van der Waals surface area contributed by atoms with E-state index < -0.39 is 0 Å². The Hall–Kier alpha value is -1.56. The van der Waals surface area contributed by atoms with Gasteiger partial charge in [0.25, 0.3) is 0 Å². The Kier molecular flexibility index (Phi) is 6.21. The number of carbonyl (C=O) groups excluding carboxylic acids is 1. The van der Waals surface area contributed by atoms with E-state index in [9.17, 15) is 4.79 Å². The van der Waals surface area contributed by atoms with Crippen molar-refractivity contribution in [3.63, 3.8) is 0 Å². The van der Waals surface area contributed by atoms with Crippen molar-refractivity contribution in [2.75, 3.05) is 25.6 Å². The number of carbonyl (C=O) groups is 1. The van der Waals surface area contributed by atoms with Crippen LogP contribution < -0.4 is 10.1 Å². The maximum Gasteiger partial charge on any atom is 0.318 e. The molecule has 0 aliphatic carbocycles. The fourth-order valence-electron chi connectivity index (χ4n) is 1.25. The lowest BCUT2D eigenvalue weighted by molar-refractivity contribution is -0.143. The first kappa shape index (κ1) is 14.5. The van der Waals surface area contributed by atoms with Crippen LogP contribution in [0.5, 0.6) is 6.01 Å². The van der Waals surface area contributed by atoms with Crippen LogP contribution in [0.1, 0.15) is 19.8 Å². The molecule has 0 saturated carbocycles. The molecule has 1 aromatic rings. The van der Waals surface area contributed by atoms with Gasteiger partial charge in [0.05, 0.1) is 19.9 Å². The van der Waals surface area contributed by atoms with Crippen LogP contribution in [0, 0.1) is 0 Å². The fourth-order valence-corrected chi connectivity index (χ4v) is 1.40. The monoisotopic (exact) mass is 273 g/mol. The Morgan fingerprint density at radius 1 is 1.56 bits per heavy atom. The molecule has 0 fully saturated rings. The molecular formula is C11H16ClN3O3. The molecule has 100 valence electrons. The van der Waals surface area contributed by atoms with E-state index in [2.05, 4.69) is 15.3 Å². The average Bonchev–Trinajstić information content (AvgIpc) is 2.37. The van der Waals surface area contributed by atoms with Gasteiger partial charge in [0.1, 0.15) is 5.02 Å². The number of halogens is 1. The molecule has 0 aromatic carbocycles. The summed E-state index contributed by atoms with van der Waals surface area (Å²) in [5.74, 6) is 0.290. The summed E-state index contributed by atoms with van der Waals surface area (Å²) in [5.41, 5.74) is 0. The van der Waals surface area contributed by atoms with Crippen LogP contribution in [0.4, 0.5) is 5.82 Å². The zero-order chi connectivity index (χ0) is 13.4. The SMILES string of the molecule is CCOC(=O)CCCNc1nc(OC)ncc1Cl. The number of hydrogen-bond acceptors (Lipinski definition) is 6. The standard InChI is InChI=1S/C11H16ClN3O3/c1-3-18-9(16)5-4-6-13-10-8(12)7-14-11(15-10)17-2/h7H,3-6H2,1-2H3,(H,13,14,15). The molecule has 0 aliphatic rings. The van der Waals surface area contributed by atoms with Crippen molar-refractivity contribution in [3.8, 4) is 6.01 Å². The summed E-state index contributed by atoms with van der Waals surface area (Å²) in [6.07, 6.45) is 2.46. The highest BCUT2D eigenvalue weighted by Gasteiger charge is 2.06. The van der Waals surface area contributed by atoms with Gasteiger partial charge in [0.15, 0.2) is 5.82 Å². The zero-order valence-corrected chi connectivity index (χ0v) is 11.2. The second-order valence-corrected chi connectivity index (χ2v) is 3.80. The molecule has 0 saturated heterocycles. The van der Waals surface area contributed by atoms with Gasteiger partial charge in [-0.05, 0) is 13.3 Å². The quantitative estimate of drug-likeness (QED) is 0.604. The van der Waals surface area contributed by atoms with Gasteiger partial charge in [-0.25, -0.2) is 4.98 Å². The number of anilines is 1. The smallest absolute Gasteiger partial charge is 0.318 e. The van der Waals surface area contributed by atoms with Gasteiger partial charge in [-0.3, -0.25) is 4.79 Å². The summed E-state index contributed by atoms with van der Waals surface area (Å²) < 4.78 is 9.71. The van der Waals surface area contributed by atoms with Crippen LogP contribution >= 0.6 is 11.6 Å². The minimum atomic E-state index is -0.203. The molecule has 0 unspecified atom stereocenters. The number of methoxy groups -OCH3 is 1. The lowest BCUT2D eigenvalue weighted by atomic mass is 10.3. The van der Waals surface area contributed by atoms with E-state index >= 15 is 0 Å². The van der Waals surface area contributed by atoms with Gasteiger partial charge < -0.3 is 14.8 Å². The van der Waals surface area contributed by atoms with E-state index in [1.807, 2.05) is 0 Å². The van der Waals surface area contributed by atoms with Gasteiger partial charge >= 0.3 is 12.0 Å². The van der Waals surface area contributed by atoms with Gasteiger partial charge in [0.2, 0.25) is 0 Å². The zero-order valence-electron chi connectivity index (χ0n) is 10.4. The van der Waals surface area contributed by atoms with Crippen molar-refractivity contribution in [3.05, 3.63) is 11.2 Å². The number of ether oxygens (including phenoxy) is 2. The Morgan fingerprint density at radius 2 is 2.33 bits per heavy atom. The first-order valence-electron chi connectivity index (χ1n) is 5.63. The van der Waals surface area contributed by atoms with E-state index in [0.717, 1.165) is 0 Å². The highest BCUT2D eigenvalue weighted by atomic mass is 35.5. The number of rotatable bonds is 7. The Morgan fingerprint density at radius 3 is 3.00 bits per heavy atom. The molecule has 0 bridgehead atoms. The van der Waals surface area contributed by atoms with Crippen molar-refractivity contribution in [1.82, 2.24) is 9.97 Å². The molecule has 1 heterocycles. The van der Waals surface area contributed by atoms with Crippen molar-refractivity contribution in [2.24, 2.45) is 0 Å². The first-order chi connectivity index (χ1) is 8.67. The Bertz CT molecular complexity index is 401. The van der Waals surface area contributed by atoms with Crippen LogP contribution in [0.15, 0.2) is 6.20 Å². The highest BCUT2D eigenvalue weighted by molar-refractivity contribution is 6.32. The van der Waals surface area contributed by atoms with E-state index in [-0.39, 0.29) is 12.0 Å². The third-order valence-electron chi connectivity index (χ3n) is 2.06. The molecule has 7 heteroatoms. The van der Waals surface area contributed by atoms with Gasteiger partial charge in [-0.2, -0.15) is 4.98 Å². The van der Waals surface area contributed by atoms with Gasteiger partial charge in [-0.1, -0.05) is 11.6 Å². The topological polar surface area (TPSA) is 73.3 Å². The number of nitrogens with one attached hydrogen (secondary N) is 1. The second kappa shape index (κ2) is 7.71. The van der Waals surface area contributed by atoms with Crippen LogP contribution in [-0.2, 0) is 9.53 Å². The van der Waals surface area contributed by atoms with E-state index in [1.54, 1.807) is 6.92 Å². The lowest BCUT2D eigenvalue weighted by Gasteiger charge is -2.07. The predicted molar refractivity (Wildman–Crippen MR) is 68.0 cm³/mol. The maximum absolute atomic E-state index is 11.1. The number of aromatic nitrogens is 2. The van der Waals surface area contributed by atoms with Crippen LogP contribution in [0.25, 0.3) is 0 Å². The third kappa shape index (κ3) is 4.75. The molecular weight excluding hydrogens is 258 g/mol. The summed E-state index contributed by atoms with van der Waals surface area (Å²) in [6, 6.07) is 0.243. The lowest BCUT2D eigenvalue weighted by Crippen LogP contribution is -2.09. The minimum Gasteiger partial charge on any atom is -0.467 e. The molecule has 6 nitrogen and oxygen atoms in total. The predicted octanol–water partition coefficient (Wildman–Crippen LogP) is 1.89. The van der Waals surface area contributed by atoms with E-state index in [1.165, 1.54) is 13.3 Å². The van der Waals surface area contributed by atoms with E-state index in [4.69, 9.17) is 21.1 Å². The van der Waals surface area contributed by atoms with E-state index in [0.29, 0.717) is 36.8 Å². The second-order valence-electron chi connectivity index (χ2n) is 3.39. The summed E-state index contributed by atoms with van der Waals surface area (Å²) >= 11 is 5.91. The number of nitrogens with zero attached hydrogens (tertiary/aromatic N) is 2. The van der Waals surface area contributed by atoms with Gasteiger partial charge in [0, 0.05) is 13.0 Å². The highest BCUT2D eigenvalue weighted by Crippen LogP contribution is 2.19. The Balaban J connectivity index is 2.37. The molecule has 0 aliphatic heterocycles. The molecule has 1 N–H and O–H groups in total. The first-order valence-corrected chi connectivity index (χ1v) is 6.01. The molecule has 0 spiro atoms. The van der Waals surface area contributed by atoms with Crippen LogP contribution in [0.3, 0.4) is 0 Å². The van der Waals surface area contributed by atoms with Crippen LogP contribution in [-0.4, -0.2) is 36.2 Å². The summed E-state index contributed by atoms with van der Waals surface area (Å²) in [5, 5.41) is 3.42. The molecule has 0 atom stereocenters. The average molecular weight is 274 g/mol. The molecule has 18 heavy (non-hydrogen) atoms. The third-order valence-corrected chi connectivity index (χ3v) is 2.34. The number of esters is 1. The molecule has 0 amide bonds. The van der Waals surface area contributed by atoms with Crippen molar-refractivity contribution >= 4 is 23.4 Å². The van der Waals surface area contributed by atoms with Gasteiger partial charge in [-0.15, -0.1) is 0 Å². The van der Waals surface area contributed by atoms with Crippen LogP contribution in [0.2, 0.25) is 5.02 Å². The maximum atomic E-state index is 11.1. The minimum absolute atomic E-state index is 0.203. The molecule has 1 aromatic heterocycles. The summed E-state index contributed by atoms with van der Waals surface area (Å²) in [6.45, 7) is 2.75. The van der Waals surface area contributed by atoms with Crippen molar-refractivity contribution < 1.29 is 14.3 Å². The molecule has 0 radical (unpaired) electrons. The fraction of sp³-hybridized carbons (Fsp3) is 0.545. The Labute approximate surface area is 111 Å². The largest absolute Gasteiger partial charge is 0.467 e. The molecule has 1 rings (SSSR count).